The van der Waals surface area contributed by atoms with Crippen LogP contribution in [-0.4, -0.2) is 41.4 Å². The number of carbonyl (C=O) groups is 2. The molecule has 3 heterocycles. The van der Waals surface area contributed by atoms with E-state index in [4.69, 9.17) is 4.98 Å². The second kappa shape index (κ2) is 13.8. The summed E-state index contributed by atoms with van der Waals surface area (Å²) in [4.78, 5) is 34.4. The molecule has 3 fully saturated rings. The van der Waals surface area contributed by atoms with Crippen molar-refractivity contribution >= 4 is 22.7 Å². The number of nitrogens with one attached hydrogen (secondary N) is 4. The van der Waals surface area contributed by atoms with Gasteiger partial charge in [-0.15, -0.1) is 0 Å². The maximum Gasteiger partial charge on any atom is 0.268 e. The van der Waals surface area contributed by atoms with Gasteiger partial charge in [0.1, 0.15) is 5.69 Å². The molecule has 6 rings (SSSR count). The molecule has 1 saturated heterocycles. The van der Waals surface area contributed by atoms with E-state index in [-0.39, 0.29) is 17.9 Å². The highest BCUT2D eigenvalue weighted by Crippen LogP contribution is 2.42. The molecule has 3 aromatic rings. The van der Waals surface area contributed by atoms with Gasteiger partial charge in [-0.3, -0.25) is 14.6 Å². The standard InChI is InChI=1S/C37H51N5O2/c1-25-10-9-11-30-20-31(41-33(25)30)36(44)42-35(29-12-13-29)34-26(2)18-27(23-40-34)14-17-39-32(43)19-28-21-37(24-38-22-28)15-7-5-3-4-6-8-16-37/h9-11,18,20,23,28-29,35,38,41H,3-8,12-17,19,21-22,24H2,1-2H3,(H,39,43)(H,42,44). The minimum atomic E-state index is -0.0987. The van der Waals surface area contributed by atoms with Crippen molar-refractivity contribution in [1.82, 2.24) is 25.9 Å². The number of amides is 2. The highest BCUT2D eigenvalue weighted by Gasteiger charge is 2.37. The number of carbonyl (C=O) groups excluding carboxylic acids is 2. The molecule has 2 aliphatic carbocycles. The number of aromatic amines is 1. The van der Waals surface area contributed by atoms with Crippen LogP contribution in [0.1, 0.15) is 116 Å². The van der Waals surface area contributed by atoms with Crippen molar-refractivity contribution in [3.8, 4) is 0 Å². The van der Waals surface area contributed by atoms with Crippen molar-refractivity contribution in [2.24, 2.45) is 17.3 Å². The van der Waals surface area contributed by atoms with Crippen LogP contribution < -0.4 is 16.0 Å². The van der Waals surface area contributed by atoms with Gasteiger partial charge in [-0.25, -0.2) is 0 Å². The normalized spacial score (nSPS) is 21.3. The average Bonchev–Trinajstić information content (AvgIpc) is 3.73. The van der Waals surface area contributed by atoms with E-state index >= 15 is 0 Å². The molecule has 7 heteroatoms. The molecule has 2 saturated carbocycles. The molecule has 7 nitrogen and oxygen atoms in total. The summed E-state index contributed by atoms with van der Waals surface area (Å²) < 4.78 is 0. The van der Waals surface area contributed by atoms with Crippen LogP contribution in [0.3, 0.4) is 0 Å². The molecule has 0 bridgehead atoms. The van der Waals surface area contributed by atoms with Gasteiger partial charge in [-0.1, -0.05) is 62.8 Å². The Morgan fingerprint density at radius 3 is 2.52 bits per heavy atom. The summed E-state index contributed by atoms with van der Waals surface area (Å²) in [7, 11) is 0. The summed E-state index contributed by atoms with van der Waals surface area (Å²) in [6.45, 7) is 6.84. The zero-order chi connectivity index (χ0) is 30.5. The van der Waals surface area contributed by atoms with Crippen LogP contribution in [0, 0.1) is 31.1 Å². The van der Waals surface area contributed by atoms with E-state index < -0.39 is 0 Å². The van der Waals surface area contributed by atoms with Crippen molar-refractivity contribution in [3.05, 3.63) is 64.6 Å². The van der Waals surface area contributed by atoms with Crippen molar-refractivity contribution in [1.29, 1.82) is 0 Å². The smallest absolute Gasteiger partial charge is 0.268 e. The van der Waals surface area contributed by atoms with Gasteiger partial charge in [-0.2, -0.15) is 0 Å². The van der Waals surface area contributed by atoms with Gasteiger partial charge in [0.2, 0.25) is 5.91 Å². The molecule has 236 valence electrons. The first-order valence-corrected chi connectivity index (χ1v) is 17.2. The molecule has 2 unspecified atom stereocenters. The zero-order valence-electron chi connectivity index (χ0n) is 26.8. The number of fused-ring (bicyclic) bond motifs is 1. The Balaban J connectivity index is 1.01. The Morgan fingerprint density at radius 2 is 1.80 bits per heavy atom. The topological polar surface area (TPSA) is 98.9 Å². The van der Waals surface area contributed by atoms with Gasteiger partial charge >= 0.3 is 0 Å². The van der Waals surface area contributed by atoms with Gasteiger partial charge in [0, 0.05) is 36.6 Å². The summed E-state index contributed by atoms with van der Waals surface area (Å²) in [6.07, 6.45) is 17.5. The van der Waals surface area contributed by atoms with Crippen LogP contribution in [0.15, 0.2) is 36.5 Å². The number of pyridine rings is 1. The van der Waals surface area contributed by atoms with E-state index in [1.165, 1.54) is 57.8 Å². The van der Waals surface area contributed by atoms with Crippen LogP contribution in [0.25, 0.3) is 10.9 Å². The molecular weight excluding hydrogens is 546 g/mol. The molecule has 2 aromatic heterocycles. The summed E-state index contributed by atoms with van der Waals surface area (Å²) in [6, 6.07) is 10.1. The number of aryl methyl sites for hydroxylation is 2. The lowest BCUT2D eigenvalue weighted by atomic mass is 9.69. The Kier molecular flexibility index (Phi) is 9.70. The molecule has 4 N–H and O–H groups in total. The average molecular weight is 598 g/mol. The fourth-order valence-electron chi connectivity index (χ4n) is 7.93. The molecule has 2 amide bonds. The van der Waals surface area contributed by atoms with E-state index in [0.29, 0.717) is 35.9 Å². The van der Waals surface area contributed by atoms with Gasteiger partial charge in [0.15, 0.2) is 0 Å². The first-order valence-electron chi connectivity index (χ1n) is 17.2. The third-order valence-electron chi connectivity index (χ3n) is 10.5. The van der Waals surface area contributed by atoms with Gasteiger partial charge in [0.05, 0.1) is 11.7 Å². The zero-order valence-corrected chi connectivity index (χ0v) is 26.8. The van der Waals surface area contributed by atoms with Gasteiger partial charge < -0.3 is 20.9 Å². The highest BCUT2D eigenvalue weighted by atomic mass is 16.2. The first-order chi connectivity index (χ1) is 21.4. The van der Waals surface area contributed by atoms with E-state index in [0.717, 1.165) is 65.6 Å². The number of H-pyrrole nitrogens is 1. The summed E-state index contributed by atoms with van der Waals surface area (Å²) >= 11 is 0. The Bertz CT molecular complexity index is 1450. The van der Waals surface area contributed by atoms with Crippen LogP contribution in [0.5, 0.6) is 0 Å². The summed E-state index contributed by atoms with van der Waals surface area (Å²) in [5.41, 5.74) is 6.27. The Labute approximate surface area is 262 Å². The fraction of sp³-hybridized carbons (Fsp3) is 0.595. The molecule has 3 aliphatic rings. The number of rotatable bonds is 9. The van der Waals surface area contributed by atoms with Crippen LogP contribution in [0.2, 0.25) is 0 Å². The first kappa shape index (κ1) is 30.8. The lowest BCUT2D eigenvalue weighted by Gasteiger charge is -2.42. The molecule has 0 radical (unpaired) electrons. The number of piperidine rings is 1. The van der Waals surface area contributed by atoms with Gasteiger partial charge in [0.25, 0.3) is 5.91 Å². The van der Waals surface area contributed by atoms with Crippen molar-refractivity contribution in [2.75, 3.05) is 19.6 Å². The number of aromatic nitrogens is 2. The lowest BCUT2D eigenvalue weighted by molar-refractivity contribution is -0.122. The predicted octanol–water partition coefficient (Wildman–Crippen LogP) is 6.84. The summed E-state index contributed by atoms with van der Waals surface area (Å²) in [5, 5.41) is 11.2. The van der Waals surface area contributed by atoms with Crippen LogP contribution >= 0.6 is 0 Å². The third-order valence-corrected chi connectivity index (χ3v) is 10.5. The largest absolute Gasteiger partial charge is 0.356 e. The molecule has 1 spiro atoms. The number of benzene rings is 1. The van der Waals surface area contributed by atoms with Crippen molar-refractivity contribution in [2.45, 2.75) is 103 Å². The number of hydrogen-bond donors (Lipinski definition) is 4. The SMILES string of the molecule is Cc1cc(CCNC(=O)CC2CNCC3(CCCCCCCC3)C2)cnc1C(NC(=O)c1cc2cccc(C)c2[nH]1)C1CC1. The van der Waals surface area contributed by atoms with E-state index in [1.807, 2.05) is 24.4 Å². The summed E-state index contributed by atoms with van der Waals surface area (Å²) in [5.74, 6) is 0.925. The van der Waals surface area contributed by atoms with Crippen molar-refractivity contribution in [3.63, 3.8) is 0 Å². The Morgan fingerprint density at radius 1 is 1.02 bits per heavy atom. The van der Waals surface area contributed by atoms with E-state index in [2.05, 4.69) is 46.9 Å². The van der Waals surface area contributed by atoms with Gasteiger partial charge in [-0.05, 0) is 98.9 Å². The number of nitrogens with zero attached hydrogens (tertiary/aromatic N) is 1. The van der Waals surface area contributed by atoms with E-state index in [9.17, 15) is 9.59 Å². The third kappa shape index (κ3) is 7.53. The monoisotopic (exact) mass is 597 g/mol. The van der Waals surface area contributed by atoms with Crippen molar-refractivity contribution < 1.29 is 9.59 Å². The molecular formula is C37H51N5O2. The maximum absolute atomic E-state index is 13.3. The minimum absolute atomic E-state index is 0.0883. The van der Waals surface area contributed by atoms with E-state index in [1.54, 1.807) is 0 Å². The number of para-hydroxylation sites is 1. The molecule has 44 heavy (non-hydrogen) atoms. The van der Waals surface area contributed by atoms with Crippen LogP contribution in [0.4, 0.5) is 0 Å². The molecule has 1 aromatic carbocycles. The second-order valence-electron chi connectivity index (χ2n) is 14.2. The fourth-order valence-corrected chi connectivity index (χ4v) is 7.93. The second-order valence-corrected chi connectivity index (χ2v) is 14.2. The lowest BCUT2D eigenvalue weighted by Crippen LogP contribution is -2.46. The number of hydrogen-bond acceptors (Lipinski definition) is 4. The molecule has 2 atom stereocenters. The molecule has 1 aliphatic heterocycles. The highest BCUT2D eigenvalue weighted by molar-refractivity contribution is 5.98. The predicted molar refractivity (Wildman–Crippen MR) is 177 cm³/mol. The maximum atomic E-state index is 13.3. The minimum Gasteiger partial charge on any atom is -0.356 e. The van der Waals surface area contributed by atoms with Crippen LogP contribution in [-0.2, 0) is 11.2 Å². The quantitative estimate of drug-likeness (QED) is 0.217. The Hall–Kier alpha value is -3.19.